The number of piperidine rings is 1. The summed E-state index contributed by atoms with van der Waals surface area (Å²) in [6.07, 6.45) is 3.10. The van der Waals surface area contributed by atoms with E-state index in [1.54, 1.807) is 0 Å². The summed E-state index contributed by atoms with van der Waals surface area (Å²) in [4.78, 5) is 30.6. The Labute approximate surface area is 162 Å². The molecule has 27 heavy (non-hydrogen) atoms. The van der Waals surface area contributed by atoms with Crippen LogP contribution in [-0.2, 0) is 6.42 Å². The van der Waals surface area contributed by atoms with Crippen molar-refractivity contribution in [1.29, 1.82) is 0 Å². The van der Waals surface area contributed by atoms with Crippen LogP contribution in [0.4, 0.5) is 4.79 Å². The van der Waals surface area contributed by atoms with E-state index in [1.165, 1.54) is 5.56 Å². The molecule has 0 aromatic heterocycles. The molecule has 0 spiro atoms. The molecule has 1 N–H and O–H groups in total. The Balaban J connectivity index is 1.48. The number of piperazine rings is 1. The average molecular weight is 373 g/mol. The Bertz CT molecular complexity index is 630. The maximum absolute atomic E-state index is 12.6. The number of likely N-dealkylation sites (tertiary alicyclic amines) is 1. The molecule has 0 saturated carbocycles. The quantitative estimate of drug-likeness (QED) is 0.880. The Morgan fingerprint density at radius 3 is 2.19 bits per heavy atom. The molecule has 1 aromatic rings. The van der Waals surface area contributed by atoms with E-state index in [0.717, 1.165) is 64.1 Å². The fourth-order valence-electron chi connectivity index (χ4n) is 3.91. The van der Waals surface area contributed by atoms with Crippen LogP contribution < -0.4 is 5.32 Å². The molecular formula is C21H32N4O2. The van der Waals surface area contributed by atoms with Crippen molar-refractivity contribution < 1.29 is 9.59 Å². The molecule has 6 nitrogen and oxygen atoms in total. The van der Waals surface area contributed by atoms with Gasteiger partial charge in [-0.2, -0.15) is 0 Å². The molecule has 0 aliphatic carbocycles. The summed E-state index contributed by atoms with van der Waals surface area (Å²) in [6, 6.07) is 8.20. The number of hydrogen-bond donors (Lipinski definition) is 1. The lowest BCUT2D eigenvalue weighted by Gasteiger charge is -2.32. The third-order valence-electron chi connectivity index (χ3n) is 5.75. The zero-order valence-electron chi connectivity index (χ0n) is 16.6. The predicted octanol–water partition coefficient (Wildman–Crippen LogP) is 2.06. The number of nitrogens with zero attached hydrogens (tertiary/aromatic N) is 3. The van der Waals surface area contributed by atoms with E-state index < -0.39 is 0 Å². The van der Waals surface area contributed by atoms with Gasteiger partial charge in [0.25, 0.3) is 5.91 Å². The van der Waals surface area contributed by atoms with E-state index in [1.807, 2.05) is 28.9 Å². The zero-order valence-corrected chi connectivity index (χ0v) is 16.6. The first-order valence-corrected chi connectivity index (χ1v) is 10.2. The maximum Gasteiger partial charge on any atom is 0.317 e. The highest BCUT2D eigenvalue weighted by Gasteiger charge is 2.23. The van der Waals surface area contributed by atoms with E-state index in [2.05, 4.69) is 29.4 Å². The first kappa shape index (κ1) is 19.7. The van der Waals surface area contributed by atoms with Crippen molar-refractivity contribution in [3.05, 3.63) is 35.4 Å². The minimum Gasteiger partial charge on any atom is -0.338 e. The molecule has 2 saturated heterocycles. The SMILES string of the molecule is CCNC(=O)N1CCC(Cc2ccc(C(=O)N3CCN(C)CC3)cc2)CC1. The first-order valence-electron chi connectivity index (χ1n) is 10.2. The van der Waals surface area contributed by atoms with Gasteiger partial charge in [0.15, 0.2) is 0 Å². The number of likely N-dealkylation sites (N-methyl/N-ethyl adjacent to an activating group) is 1. The molecule has 6 heteroatoms. The number of carbonyl (C=O) groups excluding carboxylic acids is 2. The molecule has 0 unspecified atom stereocenters. The molecule has 2 heterocycles. The van der Waals surface area contributed by atoms with Crippen molar-refractivity contribution in [3.63, 3.8) is 0 Å². The normalized spacial score (nSPS) is 19.2. The molecule has 0 atom stereocenters. The van der Waals surface area contributed by atoms with Gasteiger partial charge in [-0.05, 0) is 56.8 Å². The second-order valence-electron chi connectivity index (χ2n) is 7.76. The summed E-state index contributed by atoms with van der Waals surface area (Å²) in [6.45, 7) is 7.79. The maximum atomic E-state index is 12.6. The minimum atomic E-state index is 0.0581. The Kier molecular flexibility index (Phi) is 6.72. The summed E-state index contributed by atoms with van der Waals surface area (Å²) in [5.74, 6) is 0.750. The summed E-state index contributed by atoms with van der Waals surface area (Å²) >= 11 is 0. The third kappa shape index (κ3) is 5.22. The standard InChI is InChI=1S/C21H32N4O2/c1-3-22-21(27)25-10-8-18(9-11-25)16-17-4-6-19(7-5-17)20(26)24-14-12-23(2)13-15-24/h4-7,18H,3,8-16H2,1-2H3,(H,22,27). The minimum absolute atomic E-state index is 0.0581. The lowest BCUT2D eigenvalue weighted by molar-refractivity contribution is 0.0664. The Morgan fingerprint density at radius 2 is 1.59 bits per heavy atom. The summed E-state index contributed by atoms with van der Waals surface area (Å²) in [7, 11) is 2.09. The van der Waals surface area contributed by atoms with Gasteiger partial charge in [-0.1, -0.05) is 12.1 Å². The molecular weight excluding hydrogens is 340 g/mol. The topological polar surface area (TPSA) is 55.9 Å². The Hall–Kier alpha value is -2.08. The van der Waals surface area contributed by atoms with Gasteiger partial charge in [-0.3, -0.25) is 4.79 Å². The molecule has 1 aromatic carbocycles. The van der Waals surface area contributed by atoms with Crippen LogP contribution in [0.3, 0.4) is 0 Å². The first-order chi connectivity index (χ1) is 13.1. The lowest BCUT2D eigenvalue weighted by Crippen LogP contribution is -2.47. The van der Waals surface area contributed by atoms with Gasteiger partial charge in [-0.25, -0.2) is 4.79 Å². The summed E-state index contributed by atoms with van der Waals surface area (Å²) in [5.41, 5.74) is 2.07. The van der Waals surface area contributed by atoms with Gasteiger partial charge in [0.1, 0.15) is 0 Å². The predicted molar refractivity (Wildman–Crippen MR) is 107 cm³/mol. The molecule has 3 amide bonds. The average Bonchev–Trinajstić information content (AvgIpc) is 2.69. The van der Waals surface area contributed by atoms with Crippen molar-refractivity contribution in [3.8, 4) is 0 Å². The number of rotatable bonds is 4. The van der Waals surface area contributed by atoms with Crippen LogP contribution in [0.25, 0.3) is 0 Å². The van der Waals surface area contributed by atoms with Crippen LogP contribution in [0.5, 0.6) is 0 Å². The van der Waals surface area contributed by atoms with Crippen molar-refractivity contribution in [2.24, 2.45) is 5.92 Å². The van der Waals surface area contributed by atoms with Crippen molar-refractivity contribution in [2.45, 2.75) is 26.2 Å². The zero-order chi connectivity index (χ0) is 19.2. The highest BCUT2D eigenvalue weighted by molar-refractivity contribution is 5.94. The second kappa shape index (κ2) is 9.22. The molecule has 0 bridgehead atoms. The van der Waals surface area contributed by atoms with E-state index in [4.69, 9.17) is 0 Å². The number of urea groups is 1. The van der Waals surface area contributed by atoms with Crippen LogP contribution in [0.15, 0.2) is 24.3 Å². The molecule has 3 rings (SSSR count). The van der Waals surface area contributed by atoms with Crippen molar-refractivity contribution in [2.75, 3.05) is 52.9 Å². The molecule has 2 aliphatic heterocycles. The van der Waals surface area contributed by atoms with Crippen molar-refractivity contribution in [1.82, 2.24) is 20.0 Å². The number of nitrogens with one attached hydrogen (secondary N) is 1. The van der Waals surface area contributed by atoms with Crippen LogP contribution in [-0.4, -0.2) is 79.5 Å². The summed E-state index contributed by atoms with van der Waals surface area (Å²) < 4.78 is 0. The van der Waals surface area contributed by atoms with Gasteiger partial charge in [-0.15, -0.1) is 0 Å². The lowest BCUT2D eigenvalue weighted by atomic mass is 9.90. The van der Waals surface area contributed by atoms with Gasteiger partial charge >= 0.3 is 6.03 Å². The monoisotopic (exact) mass is 372 g/mol. The molecule has 2 aliphatic rings. The smallest absolute Gasteiger partial charge is 0.317 e. The van der Waals surface area contributed by atoms with Crippen LogP contribution in [0.2, 0.25) is 0 Å². The summed E-state index contributed by atoms with van der Waals surface area (Å²) in [5, 5.41) is 2.87. The number of carbonyl (C=O) groups is 2. The molecule has 148 valence electrons. The van der Waals surface area contributed by atoms with E-state index in [9.17, 15) is 9.59 Å². The number of benzene rings is 1. The van der Waals surface area contributed by atoms with Crippen LogP contribution >= 0.6 is 0 Å². The van der Waals surface area contributed by atoms with E-state index in [-0.39, 0.29) is 11.9 Å². The Morgan fingerprint density at radius 1 is 0.963 bits per heavy atom. The fourth-order valence-corrected chi connectivity index (χ4v) is 3.91. The molecule has 0 radical (unpaired) electrons. The number of hydrogen-bond acceptors (Lipinski definition) is 3. The third-order valence-corrected chi connectivity index (χ3v) is 5.75. The second-order valence-corrected chi connectivity index (χ2v) is 7.76. The van der Waals surface area contributed by atoms with Gasteiger partial charge < -0.3 is 20.0 Å². The van der Waals surface area contributed by atoms with Gasteiger partial charge in [0.2, 0.25) is 0 Å². The van der Waals surface area contributed by atoms with Crippen LogP contribution in [0, 0.1) is 5.92 Å². The van der Waals surface area contributed by atoms with Crippen LogP contribution in [0.1, 0.15) is 35.7 Å². The molecule has 2 fully saturated rings. The van der Waals surface area contributed by atoms with Crippen molar-refractivity contribution >= 4 is 11.9 Å². The highest BCUT2D eigenvalue weighted by atomic mass is 16.2. The van der Waals surface area contributed by atoms with Gasteiger partial charge in [0, 0.05) is 51.4 Å². The number of amides is 3. The van der Waals surface area contributed by atoms with Gasteiger partial charge in [0.05, 0.1) is 0 Å². The van der Waals surface area contributed by atoms with E-state index >= 15 is 0 Å². The highest BCUT2D eigenvalue weighted by Crippen LogP contribution is 2.22. The largest absolute Gasteiger partial charge is 0.338 e. The van der Waals surface area contributed by atoms with E-state index in [0.29, 0.717) is 12.5 Å². The fraction of sp³-hybridized carbons (Fsp3) is 0.619.